The molecule has 0 amide bonds. The first-order valence-corrected chi connectivity index (χ1v) is 7.85. The van der Waals surface area contributed by atoms with E-state index in [1.54, 1.807) is 0 Å². The number of rotatable bonds is 4. The van der Waals surface area contributed by atoms with Crippen LogP contribution in [0.2, 0.25) is 0 Å². The maximum Gasteiger partial charge on any atom is 0.0256 e. The van der Waals surface area contributed by atoms with Crippen molar-refractivity contribution in [1.29, 1.82) is 0 Å². The molecule has 2 unspecified atom stereocenters. The Morgan fingerprint density at radius 3 is 3.00 bits per heavy atom. The summed E-state index contributed by atoms with van der Waals surface area (Å²) in [5.74, 6) is 5.10. The lowest BCUT2D eigenvalue weighted by Crippen LogP contribution is -2.35. The quantitative estimate of drug-likeness (QED) is 0.799. The number of hydrogen-bond donors (Lipinski definition) is 1. The van der Waals surface area contributed by atoms with Gasteiger partial charge in [-0.05, 0) is 55.9 Å². The summed E-state index contributed by atoms with van der Waals surface area (Å²) in [5.41, 5.74) is 0. The lowest BCUT2D eigenvalue weighted by Gasteiger charge is -2.23. The highest BCUT2D eigenvalue weighted by Gasteiger charge is 2.29. The lowest BCUT2D eigenvalue weighted by atomic mass is 10.0. The average Bonchev–Trinajstić information content (AvgIpc) is 2.77. The standard InChI is InChI=1S/C11H21NS2/c1-11(4-2-5-14-11)9-12-7-10-3-6-13-8-10/h10,12H,2-9H2,1H3. The molecule has 2 heterocycles. The van der Waals surface area contributed by atoms with E-state index in [1.165, 1.54) is 49.6 Å². The van der Waals surface area contributed by atoms with Crippen LogP contribution in [0.4, 0.5) is 0 Å². The van der Waals surface area contributed by atoms with Crippen molar-refractivity contribution in [2.45, 2.75) is 30.9 Å². The Morgan fingerprint density at radius 2 is 2.36 bits per heavy atom. The van der Waals surface area contributed by atoms with Crippen molar-refractivity contribution in [3.05, 3.63) is 0 Å². The first kappa shape index (κ1) is 11.2. The molecule has 2 aliphatic rings. The number of hydrogen-bond acceptors (Lipinski definition) is 3. The van der Waals surface area contributed by atoms with Crippen molar-refractivity contribution in [2.75, 3.05) is 30.3 Å². The summed E-state index contributed by atoms with van der Waals surface area (Å²) in [6.45, 7) is 4.89. The molecule has 2 saturated heterocycles. The van der Waals surface area contributed by atoms with E-state index in [0.29, 0.717) is 4.75 Å². The predicted molar refractivity (Wildman–Crippen MR) is 68.4 cm³/mol. The van der Waals surface area contributed by atoms with Gasteiger partial charge in [0, 0.05) is 11.3 Å². The fourth-order valence-corrected chi connectivity index (χ4v) is 4.82. The molecule has 82 valence electrons. The third-order valence-corrected chi connectivity index (χ3v) is 6.03. The SMILES string of the molecule is CC1(CNCC2CCSC2)CCCS1. The fourth-order valence-electron chi connectivity index (χ4n) is 2.26. The zero-order valence-electron chi connectivity index (χ0n) is 9.05. The van der Waals surface area contributed by atoms with Gasteiger partial charge in [-0.25, -0.2) is 0 Å². The number of thioether (sulfide) groups is 2. The topological polar surface area (TPSA) is 12.0 Å². The van der Waals surface area contributed by atoms with E-state index >= 15 is 0 Å². The molecular weight excluding hydrogens is 210 g/mol. The Labute approximate surface area is 96.2 Å². The van der Waals surface area contributed by atoms with Crippen LogP contribution in [0.15, 0.2) is 0 Å². The van der Waals surface area contributed by atoms with Gasteiger partial charge in [-0.3, -0.25) is 0 Å². The van der Waals surface area contributed by atoms with Crippen LogP contribution in [0.1, 0.15) is 26.2 Å². The lowest BCUT2D eigenvalue weighted by molar-refractivity contribution is 0.478. The molecule has 2 atom stereocenters. The van der Waals surface area contributed by atoms with Crippen LogP contribution in [0.25, 0.3) is 0 Å². The Morgan fingerprint density at radius 1 is 1.43 bits per heavy atom. The van der Waals surface area contributed by atoms with Crippen LogP contribution in [0.3, 0.4) is 0 Å². The maximum atomic E-state index is 3.68. The second-order valence-electron chi connectivity index (χ2n) is 4.76. The zero-order chi connectivity index (χ0) is 9.86. The first-order chi connectivity index (χ1) is 6.79. The summed E-state index contributed by atoms with van der Waals surface area (Å²) in [6.07, 6.45) is 4.26. The molecule has 0 aromatic carbocycles. The van der Waals surface area contributed by atoms with E-state index in [2.05, 4.69) is 35.8 Å². The Balaban J connectivity index is 1.61. The molecule has 3 heteroatoms. The molecule has 1 nitrogen and oxygen atoms in total. The van der Waals surface area contributed by atoms with Gasteiger partial charge in [0.05, 0.1) is 0 Å². The average molecular weight is 231 g/mol. The molecule has 2 fully saturated rings. The normalized spacial score (nSPS) is 37.9. The zero-order valence-corrected chi connectivity index (χ0v) is 10.7. The fraction of sp³-hybridized carbons (Fsp3) is 1.00. The summed E-state index contributed by atoms with van der Waals surface area (Å²) in [5, 5.41) is 3.68. The van der Waals surface area contributed by atoms with Crippen LogP contribution in [-0.2, 0) is 0 Å². The van der Waals surface area contributed by atoms with E-state index in [4.69, 9.17) is 0 Å². The molecule has 1 N–H and O–H groups in total. The summed E-state index contributed by atoms with van der Waals surface area (Å²) < 4.78 is 0.547. The second kappa shape index (κ2) is 5.13. The van der Waals surface area contributed by atoms with E-state index in [-0.39, 0.29) is 0 Å². The van der Waals surface area contributed by atoms with E-state index in [9.17, 15) is 0 Å². The van der Waals surface area contributed by atoms with Crippen molar-refractivity contribution in [3.8, 4) is 0 Å². The molecule has 2 rings (SSSR count). The third kappa shape index (κ3) is 3.07. The van der Waals surface area contributed by atoms with Gasteiger partial charge in [-0.15, -0.1) is 0 Å². The minimum atomic E-state index is 0.547. The molecule has 0 aromatic rings. The van der Waals surface area contributed by atoms with Crippen molar-refractivity contribution in [1.82, 2.24) is 5.32 Å². The van der Waals surface area contributed by atoms with Crippen molar-refractivity contribution >= 4 is 23.5 Å². The van der Waals surface area contributed by atoms with Gasteiger partial charge in [-0.1, -0.05) is 0 Å². The first-order valence-electron chi connectivity index (χ1n) is 5.71. The minimum Gasteiger partial charge on any atom is -0.315 e. The van der Waals surface area contributed by atoms with Crippen molar-refractivity contribution in [2.24, 2.45) is 5.92 Å². The van der Waals surface area contributed by atoms with E-state index in [0.717, 1.165) is 5.92 Å². The molecule has 2 aliphatic heterocycles. The predicted octanol–water partition coefficient (Wildman–Crippen LogP) is 2.61. The van der Waals surface area contributed by atoms with Gasteiger partial charge in [0.25, 0.3) is 0 Å². The van der Waals surface area contributed by atoms with Crippen molar-refractivity contribution in [3.63, 3.8) is 0 Å². The number of nitrogens with one attached hydrogen (secondary N) is 1. The van der Waals surface area contributed by atoms with Gasteiger partial charge < -0.3 is 5.32 Å². The molecule has 14 heavy (non-hydrogen) atoms. The molecule has 0 saturated carbocycles. The van der Waals surface area contributed by atoms with Gasteiger partial charge in [0.1, 0.15) is 0 Å². The molecular formula is C11H21NS2. The van der Waals surface area contributed by atoms with Gasteiger partial charge in [0.15, 0.2) is 0 Å². The molecule has 0 radical (unpaired) electrons. The summed E-state index contributed by atoms with van der Waals surface area (Å²) in [4.78, 5) is 0. The molecule has 0 aliphatic carbocycles. The monoisotopic (exact) mass is 231 g/mol. The summed E-state index contributed by atoms with van der Waals surface area (Å²) in [6, 6.07) is 0. The highest BCUT2D eigenvalue weighted by atomic mass is 32.2. The molecule has 0 spiro atoms. The van der Waals surface area contributed by atoms with E-state index in [1.807, 2.05) is 0 Å². The van der Waals surface area contributed by atoms with Gasteiger partial charge in [-0.2, -0.15) is 23.5 Å². The summed E-state index contributed by atoms with van der Waals surface area (Å²) >= 11 is 4.28. The Kier molecular flexibility index (Phi) is 4.09. The third-order valence-electron chi connectivity index (χ3n) is 3.26. The second-order valence-corrected chi connectivity index (χ2v) is 7.59. The van der Waals surface area contributed by atoms with Gasteiger partial charge in [0.2, 0.25) is 0 Å². The molecule has 0 aromatic heterocycles. The van der Waals surface area contributed by atoms with Crippen LogP contribution in [0.5, 0.6) is 0 Å². The minimum absolute atomic E-state index is 0.547. The smallest absolute Gasteiger partial charge is 0.0256 e. The van der Waals surface area contributed by atoms with Crippen LogP contribution < -0.4 is 5.32 Å². The van der Waals surface area contributed by atoms with E-state index < -0.39 is 0 Å². The van der Waals surface area contributed by atoms with Crippen LogP contribution in [-0.4, -0.2) is 35.1 Å². The van der Waals surface area contributed by atoms with Crippen LogP contribution in [0, 0.1) is 5.92 Å². The highest BCUT2D eigenvalue weighted by Crippen LogP contribution is 2.37. The van der Waals surface area contributed by atoms with Crippen LogP contribution >= 0.6 is 23.5 Å². The summed E-state index contributed by atoms with van der Waals surface area (Å²) in [7, 11) is 0. The maximum absolute atomic E-state index is 3.68. The van der Waals surface area contributed by atoms with Gasteiger partial charge >= 0.3 is 0 Å². The molecule has 0 bridgehead atoms. The Hall–Kier alpha value is 0.660. The highest BCUT2D eigenvalue weighted by molar-refractivity contribution is 8.00. The largest absolute Gasteiger partial charge is 0.315 e. The van der Waals surface area contributed by atoms with Crippen molar-refractivity contribution < 1.29 is 0 Å². The Bertz CT molecular complexity index is 172.